The Kier molecular flexibility index (Phi) is 5.70. The molecule has 1 rings (SSSR count). The molecule has 0 aromatic heterocycles. The van der Waals surface area contributed by atoms with Crippen molar-refractivity contribution in [1.82, 2.24) is 0 Å². The summed E-state index contributed by atoms with van der Waals surface area (Å²) in [6.45, 7) is 4.41. The van der Waals surface area contributed by atoms with E-state index in [4.69, 9.17) is 4.74 Å². The van der Waals surface area contributed by atoms with E-state index in [1.165, 1.54) is 0 Å². The number of hydrogen-bond acceptors (Lipinski definition) is 3. The van der Waals surface area contributed by atoms with Crippen LogP contribution in [0.4, 0.5) is 0 Å². The number of hydrogen-bond donors (Lipinski definition) is 1. The van der Waals surface area contributed by atoms with Crippen molar-refractivity contribution in [3.8, 4) is 0 Å². The van der Waals surface area contributed by atoms with Crippen LogP contribution < -0.4 is 0 Å². The number of aliphatic hydroxyl groups is 1. The smallest absolute Gasteiger partial charge is 0.338 e. The molecule has 0 heterocycles. The molecule has 0 amide bonds. The van der Waals surface area contributed by atoms with E-state index in [0.717, 1.165) is 18.4 Å². The summed E-state index contributed by atoms with van der Waals surface area (Å²) in [6.07, 6.45) is 1.99. The minimum atomic E-state index is -0.296. The summed E-state index contributed by atoms with van der Waals surface area (Å²) in [5.74, 6) is -0.133. The maximum absolute atomic E-state index is 11.4. The van der Waals surface area contributed by atoms with Crippen LogP contribution in [0.2, 0.25) is 0 Å². The Bertz CT molecular complexity index is 343. The molecule has 0 fully saturated rings. The van der Waals surface area contributed by atoms with Crippen LogP contribution in [0.1, 0.15) is 48.5 Å². The maximum Gasteiger partial charge on any atom is 0.338 e. The van der Waals surface area contributed by atoms with Crippen LogP contribution in [0.3, 0.4) is 0 Å². The van der Waals surface area contributed by atoms with Crippen molar-refractivity contribution in [3.63, 3.8) is 0 Å². The zero-order valence-electron chi connectivity index (χ0n) is 10.5. The molecule has 94 valence electrons. The Labute approximate surface area is 102 Å². The second-order valence-electron chi connectivity index (χ2n) is 4.01. The van der Waals surface area contributed by atoms with Crippen molar-refractivity contribution < 1.29 is 14.6 Å². The molecule has 1 unspecified atom stereocenters. The number of ether oxygens (including phenoxy) is 1. The predicted octanol–water partition coefficient (Wildman–Crippen LogP) is 2.74. The summed E-state index contributed by atoms with van der Waals surface area (Å²) >= 11 is 0. The van der Waals surface area contributed by atoms with Crippen molar-refractivity contribution in [1.29, 1.82) is 0 Å². The number of rotatable bonds is 6. The van der Waals surface area contributed by atoms with Crippen molar-refractivity contribution in [2.45, 2.75) is 32.6 Å². The number of esters is 1. The molecule has 0 saturated heterocycles. The van der Waals surface area contributed by atoms with Gasteiger partial charge in [0, 0.05) is 12.5 Å². The Morgan fingerprint density at radius 3 is 2.41 bits per heavy atom. The SMILES string of the molecule is CCCC(CO)c1ccc(C(=O)OCC)cc1. The highest BCUT2D eigenvalue weighted by molar-refractivity contribution is 5.89. The molecule has 0 spiro atoms. The Hall–Kier alpha value is -1.35. The molecule has 0 aliphatic rings. The summed E-state index contributed by atoms with van der Waals surface area (Å²) in [6, 6.07) is 7.29. The highest BCUT2D eigenvalue weighted by Gasteiger charge is 2.11. The molecule has 0 saturated carbocycles. The van der Waals surface area contributed by atoms with Crippen molar-refractivity contribution in [2.75, 3.05) is 13.2 Å². The average molecular weight is 236 g/mol. The first-order chi connectivity index (χ1) is 8.22. The van der Waals surface area contributed by atoms with Crippen molar-refractivity contribution in [2.24, 2.45) is 0 Å². The Balaban J connectivity index is 2.76. The lowest BCUT2D eigenvalue weighted by molar-refractivity contribution is 0.0526. The van der Waals surface area contributed by atoms with Gasteiger partial charge in [0.25, 0.3) is 0 Å². The molecule has 17 heavy (non-hydrogen) atoms. The Morgan fingerprint density at radius 2 is 1.94 bits per heavy atom. The molecular formula is C14H20O3. The largest absolute Gasteiger partial charge is 0.462 e. The van der Waals surface area contributed by atoms with Gasteiger partial charge in [0.05, 0.1) is 12.2 Å². The van der Waals surface area contributed by atoms with Gasteiger partial charge in [0.2, 0.25) is 0 Å². The predicted molar refractivity (Wildman–Crippen MR) is 67.1 cm³/mol. The molecule has 1 aromatic rings. The minimum absolute atomic E-state index is 0.145. The van der Waals surface area contributed by atoms with Gasteiger partial charge >= 0.3 is 5.97 Å². The van der Waals surface area contributed by atoms with Crippen LogP contribution in [0.15, 0.2) is 24.3 Å². The average Bonchev–Trinajstić information content (AvgIpc) is 2.36. The fraction of sp³-hybridized carbons (Fsp3) is 0.500. The number of benzene rings is 1. The highest BCUT2D eigenvalue weighted by Crippen LogP contribution is 2.21. The summed E-state index contributed by atoms with van der Waals surface area (Å²) in [7, 11) is 0. The van der Waals surface area contributed by atoms with Gasteiger partial charge in [-0.25, -0.2) is 4.79 Å². The molecule has 0 bridgehead atoms. The standard InChI is InChI=1S/C14H20O3/c1-3-5-13(10-15)11-6-8-12(9-7-11)14(16)17-4-2/h6-9,13,15H,3-5,10H2,1-2H3. The molecular weight excluding hydrogens is 216 g/mol. The molecule has 3 nitrogen and oxygen atoms in total. The van der Waals surface area contributed by atoms with Crippen LogP contribution in [-0.2, 0) is 4.74 Å². The van der Waals surface area contributed by atoms with Crippen molar-refractivity contribution >= 4 is 5.97 Å². The highest BCUT2D eigenvalue weighted by atomic mass is 16.5. The normalized spacial score (nSPS) is 12.2. The zero-order chi connectivity index (χ0) is 12.7. The first-order valence-corrected chi connectivity index (χ1v) is 6.10. The molecule has 0 aliphatic heterocycles. The first kappa shape index (κ1) is 13.7. The lowest BCUT2D eigenvalue weighted by Gasteiger charge is -2.13. The molecule has 1 atom stereocenters. The topological polar surface area (TPSA) is 46.5 Å². The van der Waals surface area contributed by atoms with Crippen LogP contribution in [0.25, 0.3) is 0 Å². The summed E-state index contributed by atoms with van der Waals surface area (Å²) in [4.78, 5) is 11.4. The molecule has 0 aliphatic carbocycles. The second-order valence-corrected chi connectivity index (χ2v) is 4.01. The van der Waals surface area contributed by atoms with E-state index < -0.39 is 0 Å². The minimum Gasteiger partial charge on any atom is -0.462 e. The third kappa shape index (κ3) is 3.86. The summed E-state index contributed by atoms with van der Waals surface area (Å²) < 4.78 is 4.91. The van der Waals surface area contributed by atoms with Gasteiger partial charge in [-0.1, -0.05) is 25.5 Å². The fourth-order valence-electron chi connectivity index (χ4n) is 1.82. The molecule has 3 heteroatoms. The van der Waals surface area contributed by atoms with Gasteiger partial charge in [0.15, 0.2) is 0 Å². The monoisotopic (exact) mass is 236 g/mol. The van der Waals surface area contributed by atoms with Crippen LogP contribution >= 0.6 is 0 Å². The van der Waals surface area contributed by atoms with Gasteiger partial charge in [0.1, 0.15) is 0 Å². The van der Waals surface area contributed by atoms with E-state index in [2.05, 4.69) is 6.92 Å². The van der Waals surface area contributed by atoms with E-state index in [-0.39, 0.29) is 18.5 Å². The van der Waals surface area contributed by atoms with Crippen LogP contribution in [0.5, 0.6) is 0 Å². The summed E-state index contributed by atoms with van der Waals surface area (Å²) in [5, 5.41) is 9.28. The second kappa shape index (κ2) is 7.07. The zero-order valence-corrected chi connectivity index (χ0v) is 10.5. The fourth-order valence-corrected chi connectivity index (χ4v) is 1.82. The molecule has 1 N–H and O–H groups in total. The van der Waals surface area contributed by atoms with Gasteiger partial charge in [-0.2, -0.15) is 0 Å². The van der Waals surface area contributed by atoms with Gasteiger partial charge < -0.3 is 9.84 Å². The van der Waals surface area contributed by atoms with Gasteiger partial charge in [-0.05, 0) is 31.0 Å². The lowest BCUT2D eigenvalue weighted by Crippen LogP contribution is -2.07. The van der Waals surface area contributed by atoms with E-state index >= 15 is 0 Å². The van der Waals surface area contributed by atoms with E-state index in [0.29, 0.717) is 12.2 Å². The lowest BCUT2D eigenvalue weighted by atomic mass is 9.94. The number of aliphatic hydroxyl groups excluding tert-OH is 1. The molecule has 0 radical (unpaired) electrons. The van der Waals surface area contributed by atoms with E-state index in [1.54, 1.807) is 19.1 Å². The third-order valence-electron chi connectivity index (χ3n) is 2.75. The van der Waals surface area contributed by atoms with E-state index in [9.17, 15) is 9.90 Å². The van der Waals surface area contributed by atoms with Gasteiger partial charge in [-0.15, -0.1) is 0 Å². The van der Waals surface area contributed by atoms with E-state index in [1.807, 2.05) is 12.1 Å². The van der Waals surface area contributed by atoms with Crippen LogP contribution in [-0.4, -0.2) is 24.3 Å². The molecule has 1 aromatic carbocycles. The Morgan fingerprint density at radius 1 is 1.29 bits per heavy atom. The third-order valence-corrected chi connectivity index (χ3v) is 2.75. The van der Waals surface area contributed by atoms with Crippen LogP contribution in [0, 0.1) is 0 Å². The van der Waals surface area contributed by atoms with Crippen molar-refractivity contribution in [3.05, 3.63) is 35.4 Å². The maximum atomic E-state index is 11.4. The quantitative estimate of drug-likeness (QED) is 0.772. The van der Waals surface area contributed by atoms with Gasteiger partial charge in [-0.3, -0.25) is 0 Å². The first-order valence-electron chi connectivity index (χ1n) is 6.10. The number of carbonyl (C=O) groups is 1. The summed E-state index contributed by atoms with van der Waals surface area (Å²) in [5.41, 5.74) is 1.63. The number of carbonyl (C=O) groups excluding carboxylic acids is 1.